The van der Waals surface area contributed by atoms with E-state index >= 15 is 0 Å². The van der Waals surface area contributed by atoms with Gasteiger partial charge in [-0.05, 0) is 30.7 Å². The van der Waals surface area contributed by atoms with Gasteiger partial charge in [0.1, 0.15) is 11.4 Å². The molecule has 0 radical (unpaired) electrons. The van der Waals surface area contributed by atoms with Crippen LogP contribution in [0.15, 0.2) is 54.6 Å². The number of H-pyrrole nitrogens is 1. The first-order valence-electron chi connectivity index (χ1n) is 8.74. The highest BCUT2D eigenvalue weighted by Crippen LogP contribution is 2.35. The monoisotopic (exact) mass is 387 g/mol. The lowest BCUT2D eigenvalue weighted by atomic mass is 10.1. The largest absolute Gasteiger partial charge is 0.477 e. The van der Waals surface area contributed by atoms with Gasteiger partial charge in [0.2, 0.25) is 0 Å². The summed E-state index contributed by atoms with van der Waals surface area (Å²) >= 11 is 6.48. The molecule has 3 aromatic heterocycles. The molecule has 0 unspecified atom stereocenters. The minimum absolute atomic E-state index is 0.0315. The maximum absolute atomic E-state index is 11.7. The fourth-order valence-corrected chi connectivity index (χ4v) is 3.88. The Labute approximate surface area is 164 Å². The molecule has 0 saturated heterocycles. The molecule has 0 aliphatic carbocycles. The molecule has 0 bridgehead atoms. The molecule has 0 aliphatic heterocycles. The Hall–Kier alpha value is -3.44. The molecule has 5 nitrogen and oxygen atoms in total. The summed E-state index contributed by atoms with van der Waals surface area (Å²) in [5.41, 5.74) is 4.47. The number of aryl methyl sites for hydroxylation is 1. The number of aromatic nitrogens is 3. The number of nitrogens with zero attached hydrogens (tertiary/aromatic N) is 2. The molecule has 6 heteroatoms. The summed E-state index contributed by atoms with van der Waals surface area (Å²) in [7, 11) is 0. The van der Waals surface area contributed by atoms with E-state index in [1.54, 1.807) is 12.1 Å². The summed E-state index contributed by atoms with van der Waals surface area (Å²) in [5.74, 6) is -1.09. The van der Waals surface area contributed by atoms with Gasteiger partial charge in [-0.3, -0.25) is 0 Å². The Balaban J connectivity index is 1.92. The average Bonchev–Trinajstić information content (AvgIpc) is 3.07. The van der Waals surface area contributed by atoms with Crippen LogP contribution in [0.25, 0.3) is 44.1 Å². The lowest BCUT2D eigenvalue weighted by molar-refractivity contribution is 0.0691. The quantitative estimate of drug-likeness (QED) is 0.413. The number of aromatic carboxylic acids is 1. The molecule has 0 saturated carbocycles. The Bertz CT molecular complexity index is 1420. The maximum Gasteiger partial charge on any atom is 0.354 e. The standard InChI is InChI=1S/C22H14ClN3O2/c1-11-5-4-7-12-14-9-18(22(27)28)25-21(20(14)26-19(11)12)17-10-15(23)13-6-2-3-8-16(13)24-17/h2-10,26H,1H3,(H,27,28). The topological polar surface area (TPSA) is 78.9 Å². The van der Waals surface area contributed by atoms with E-state index in [1.165, 1.54) is 0 Å². The predicted octanol–water partition coefficient (Wildman–Crippen LogP) is 5.59. The summed E-state index contributed by atoms with van der Waals surface area (Å²) in [5, 5.41) is 12.7. The molecule has 0 fully saturated rings. The molecule has 5 rings (SSSR count). The highest BCUT2D eigenvalue weighted by Gasteiger charge is 2.18. The van der Waals surface area contributed by atoms with Gasteiger partial charge in [-0.25, -0.2) is 14.8 Å². The lowest BCUT2D eigenvalue weighted by Crippen LogP contribution is -2.02. The second-order valence-corrected chi connectivity index (χ2v) is 7.12. The van der Waals surface area contributed by atoms with Crippen LogP contribution in [0, 0.1) is 6.92 Å². The number of nitrogens with one attached hydrogen (secondary N) is 1. The number of carboxylic acids is 1. The summed E-state index contributed by atoms with van der Waals surface area (Å²) in [6, 6.07) is 16.8. The third kappa shape index (κ3) is 2.44. The van der Waals surface area contributed by atoms with Crippen molar-refractivity contribution in [1.82, 2.24) is 15.0 Å². The number of aromatic amines is 1. The third-order valence-electron chi connectivity index (χ3n) is 4.96. The third-order valence-corrected chi connectivity index (χ3v) is 5.27. The lowest BCUT2D eigenvalue weighted by Gasteiger charge is -2.07. The van der Waals surface area contributed by atoms with Gasteiger partial charge in [0.25, 0.3) is 0 Å². The summed E-state index contributed by atoms with van der Waals surface area (Å²) in [6.45, 7) is 2.01. The number of fused-ring (bicyclic) bond motifs is 4. The molecule has 3 heterocycles. The molecular formula is C22H14ClN3O2. The van der Waals surface area contributed by atoms with Crippen molar-refractivity contribution in [3.05, 3.63) is 70.9 Å². The van der Waals surface area contributed by atoms with Crippen LogP contribution in [0.2, 0.25) is 5.02 Å². The molecule has 0 aliphatic rings. The van der Waals surface area contributed by atoms with E-state index in [4.69, 9.17) is 11.6 Å². The molecule has 2 N–H and O–H groups in total. The Morgan fingerprint density at radius 3 is 2.57 bits per heavy atom. The zero-order chi connectivity index (χ0) is 19.4. The Morgan fingerprint density at radius 2 is 1.75 bits per heavy atom. The average molecular weight is 388 g/mol. The smallest absolute Gasteiger partial charge is 0.354 e. The minimum atomic E-state index is -1.09. The fourth-order valence-electron chi connectivity index (χ4n) is 3.62. The first-order valence-corrected chi connectivity index (χ1v) is 9.12. The number of hydrogen-bond donors (Lipinski definition) is 2. The number of rotatable bonds is 2. The number of carbonyl (C=O) groups is 1. The number of pyridine rings is 2. The van der Waals surface area contributed by atoms with Gasteiger partial charge in [0.05, 0.1) is 21.7 Å². The van der Waals surface area contributed by atoms with E-state index in [0.29, 0.717) is 16.4 Å². The molecule has 0 amide bonds. The van der Waals surface area contributed by atoms with E-state index < -0.39 is 5.97 Å². The van der Waals surface area contributed by atoms with E-state index in [9.17, 15) is 9.90 Å². The van der Waals surface area contributed by atoms with Crippen molar-refractivity contribution in [2.45, 2.75) is 6.92 Å². The van der Waals surface area contributed by atoms with Gasteiger partial charge in [-0.1, -0.05) is 48.0 Å². The van der Waals surface area contributed by atoms with Crippen LogP contribution < -0.4 is 0 Å². The Morgan fingerprint density at radius 1 is 0.964 bits per heavy atom. The van der Waals surface area contributed by atoms with E-state index in [2.05, 4.69) is 15.0 Å². The van der Waals surface area contributed by atoms with Crippen LogP contribution in [0.3, 0.4) is 0 Å². The van der Waals surface area contributed by atoms with Gasteiger partial charge >= 0.3 is 5.97 Å². The van der Waals surface area contributed by atoms with Crippen LogP contribution in [0.4, 0.5) is 0 Å². The van der Waals surface area contributed by atoms with Gasteiger partial charge in [-0.15, -0.1) is 0 Å². The summed E-state index contributed by atoms with van der Waals surface area (Å²) < 4.78 is 0. The van der Waals surface area contributed by atoms with E-state index in [-0.39, 0.29) is 5.69 Å². The molecular weight excluding hydrogens is 374 g/mol. The number of para-hydroxylation sites is 2. The van der Waals surface area contributed by atoms with Crippen LogP contribution in [0.5, 0.6) is 0 Å². The maximum atomic E-state index is 11.7. The highest BCUT2D eigenvalue weighted by atomic mass is 35.5. The Kier molecular flexibility index (Phi) is 3.60. The van der Waals surface area contributed by atoms with Gasteiger partial charge < -0.3 is 10.1 Å². The molecule has 0 atom stereocenters. The van der Waals surface area contributed by atoms with Crippen molar-refractivity contribution in [2.75, 3.05) is 0 Å². The normalized spacial score (nSPS) is 11.5. The molecule has 28 heavy (non-hydrogen) atoms. The molecule has 0 spiro atoms. The molecule has 2 aromatic carbocycles. The van der Waals surface area contributed by atoms with Crippen molar-refractivity contribution in [2.24, 2.45) is 0 Å². The van der Waals surface area contributed by atoms with Crippen LogP contribution >= 0.6 is 11.6 Å². The first kappa shape index (κ1) is 16.7. The number of hydrogen-bond acceptors (Lipinski definition) is 3. The fraction of sp³-hybridized carbons (Fsp3) is 0.0455. The van der Waals surface area contributed by atoms with Crippen molar-refractivity contribution in [3.63, 3.8) is 0 Å². The first-order chi connectivity index (χ1) is 13.5. The second-order valence-electron chi connectivity index (χ2n) is 6.71. The number of carboxylic acid groups (broad SMARTS) is 1. The van der Waals surface area contributed by atoms with E-state index in [1.807, 2.05) is 49.4 Å². The highest BCUT2D eigenvalue weighted by molar-refractivity contribution is 6.35. The van der Waals surface area contributed by atoms with Crippen molar-refractivity contribution in [1.29, 1.82) is 0 Å². The SMILES string of the molecule is Cc1cccc2c1[nH]c1c(-c3cc(Cl)c4ccccc4n3)nc(C(=O)O)cc12. The summed E-state index contributed by atoms with van der Waals surface area (Å²) in [4.78, 5) is 24.2. The number of benzene rings is 2. The van der Waals surface area contributed by atoms with Crippen LogP contribution in [0.1, 0.15) is 16.1 Å². The molecule has 5 aromatic rings. The predicted molar refractivity (Wildman–Crippen MR) is 111 cm³/mol. The van der Waals surface area contributed by atoms with Crippen molar-refractivity contribution in [3.8, 4) is 11.4 Å². The zero-order valence-corrected chi connectivity index (χ0v) is 15.6. The second kappa shape index (κ2) is 6.04. The van der Waals surface area contributed by atoms with Crippen molar-refractivity contribution < 1.29 is 9.90 Å². The van der Waals surface area contributed by atoms with E-state index in [0.717, 1.165) is 38.3 Å². The zero-order valence-electron chi connectivity index (χ0n) is 14.8. The molecule has 136 valence electrons. The minimum Gasteiger partial charge on any atom is -0.477 e. The van der Waals surface area contributed by atoms with Crippen LogP contribution in [-0.4, -0.2) is 26.0 Å². The van der Waals surface area contributed by atoms with Crippen LogP contribution in [-0.2, 0) is 0 Å². The summed E-state index contributed by atoms with van der Waals surface area (Å²) in [6.07, 6.45) is 0. The van der Waals surface area contributed by atoms with Gasteiger partial charge in [0.15, 0.2) is 0 Å². The van der Waals surface area contributed by atoms with Gasteiger partial charge in [-0.2, -0.15) is 0 Å². The van der Waals surface area contributed by atoms with Crippen molar-refractivity contribution >= 4 is 50.3 Å². The number of halogens is 1. The van der Waals surface area contributed by atoms with Gasteiger partial charge in [0, 0.05) is 21.7 Å².